The fraction of sp³-hybridized carbons (Fsp3) is 0.447. The number of hydrogen-bond acceptors (Lipinski definition) is 12. The topological polar surface area (TPSA) is 126 Å². The molecule has 0 saturated heterocycles. The Hall–Kier alpha value is -7.22. The summed E-state index contributed by atoms with van der Waals surface area (Å²) in [4.78, 5) is 28.4. The molecule has 11 rings (SSSR count). The summed E-state index contributed by atoms with van der Waals surface area (Å²) in [6, 6.07) is 57.3. The summed E-state index contributed by atoms with van der Waals surface area (Å²) in [6.07, 6.45) is 17.9. The van der Waals surface area contributed by atoms with Crippen molar-refractivity contribution in [3.8, 4) is 22.6 Å². The zero-order valence-electron chi connectivity index (χ0n) is 52.0. The lowest BCUT2D eigenvalue weighted by molar-refractivity contribution is -0.142. The van der Waals surface area contributed by atoms with Gasteiger partial charge in [0, 0.05) is 34.1 Å². The Morgan fingerprint density at radius 2 is 0.545 bits per heavy atom. The van der Waals surface area contributed by atoms with Crippen LogP contribution < -0.4 is 9.47 Å². The van der Waals surface area contributed by atoms with Gasteiger partial charge in [-0.15, -0.1) is 0 Å². The van der Waals surface area contributed by atoms with Gasteiger partial charge in [-0.2, -0.15) is 0 Å². The second-order valence-corrected chi connectivity index (χ2v) is 23.2. The van der Waals surface area contributed by atoms with E-state index in [4.69, 9.17) is 47.4 Å². The van der Waals surface area contributed by atoms with Crippen molar-refractivity contribution in [2.45, 2.75) is 128 Å². The number of carbonyl (C=O) groups is 2. The Morgan fingerprint density at radius 3 is 0.830 bits per heavy atom. The van der Waals surface area contributed by atoms with Gasteiger partial charge in [-0.3, -0.25) is 0 Å². The standard InChI is InChI=1S/C76H92O12/c1-59-71-69(75(87-59,63-29-19-15-20-30-63)64-31-21-16-22-32-64)37-27-13-11-9-7-5-3-4-6-8-10-12-14-28-38-70-72(60(2)88-76(70,65-33-23-17-24-34-65)66-35-25-18-26-36-66)74(78)86-58-54-82-50-48-80-52-56-84-68-45-41-62(42-46-68)61-39-43-67(44-40-61)83-55-51-79-47-49-81-53-57-85-73(71)77/h15-26,29-36,39-46,69-70H,3-14,27-28,37-38,47-58H2,1-2H3. The van der Waals surface area contributed by atoms with Gasteiger partial charge in [0.05, 0.1) is 64.0 Å². The highest BCUT2D eigenvalue weighted by Crippen LogP contribution is 2.55. The first kappa shape index (κ1) is 65.2. The van der Waals surface area contributed by atoms with Gasteiger partial charge in [-0.05, 0) is 62.1 Å². The van der Waals surface area contributed by atoms with E-state index in [1.165, 1.54) is 51.4 Å². The van der Waals surface area contributed by atoms with Crippen LogP contribution in [0.1, 0.15) is 139 Å². The number of fused-ring (bicyclic) bond motifs is 2. The summed E-state index contributed by atoms with van der Waals surface area (Å²) in [5.41, 5.74) is 5.71. The predicted octanol–water partition coefficient (Wildman–Crippen LogP) is 16.2. The molecule has 0 aromatic heterocycles. The molecule has 6 aromatic carbocycles. The maximum Gasteiger partial charge on any atom is 0.337 e. The van der Waals surface area contributed by atoms with E-state index in [2.05, 4.69) is 48.5 Å². The monoisotopic (exact) mass is 1200 g/mol. The summed E-state index contributed by atoms with van der Waals surface area (Å²) >= 11 is 0. The Bertz CT molecular complexity index is 2770. The first-order chi connectivity index (χ1) is 43.4. The van der Waals surface area contributed by atoms with Gasteiger partial charge in [0.15, 0.2) is 11.2 Å². The molecule has 0 saturated carbocycles. The van der Waals surface area contributed by atoms with Crippen molar-refractivity contribution < 1.29 is 57.0 Å². The SMILES string of the molecule is CC1=C2C(=O)OCCOCCOCCOc3ccc(cc3)-c3ccc(cc3)OCCOCCOCCOC(=O)C3=C(C)OC(c4ccccc4)(c4ccccc4)C3CCCCCCCCCCCCCCCCC2C(c2ccccc2)(c2ccccc2)O1. The third-order valence-electron chi connectivity index (χ3n) is 17.3. The van der Waals surface area contributed by atoms with Crippen molar-refractivity contribution >= 4 is 11.9 Å². The highest BCUT2D eigenvalue weighted by Gasteiger charge is 2.55. The van der Waals surface area contributed by atoms with Crippen molar-refractivity contribution in [1.82, 2.24) is 0 Å². The smallest absolute Gasteiger partial charge is 0.337 e. The van der Waals surface area contributed by atoms with Crippen LogP contribution in [0.3, 0.4) is 0 Å². The minimum atomic E-state index is -0.859. The van der Waals surface area contributed by atoms with Crippen LogP contribution >= 0.6 is 0 Å². The number of benzene rings is 6. The highest BCUT2D eigenvalue weighted by atomic mass is 16.6. The van der Waals surface area contributed by atoms with Crippen LogP contribution in [0.4, 0.5) is 0 Å². The van der Waals surface area contributed by atoms with Crippen LogP contribution in [0, 0.1) is 11.8 Å². The molecule has 0 amide bonds. The summed E-state index contributed by atoms with van der Waals surface area (Å²) < 4.78 is 61.0. The molecular weight excluding hydrogens is 1100 g/mol. The summed E-state index contributed by atoms with van der Waals surface area (Å²) in [6.45, 7) is 7.67. The number of hydrogen-bond donors (Lipinski definition) is 0. The van der Waals surface area contributed by atoms with Gasteiger partial charge >= 0.3 is 11.9 Å². The van der Waals surface area contributed by atoms with Crippen LogP contribution in [0.15, 0.2) is 193 Å². The summed E-state index contributed by atoms with van der Waals surface area (Å²) in [7, 11) is 0. The Balaban J connectivity index is 0.790. The molecule has 0 aliphatic carbocycles. The van der Waals surface area contributed by atoms with Crippen LogP contribution in [0.25, 0.3) is 11.1 Å². The molecule has 0 radical (unpaired) electrons. The van der Waals surface area contributed by atoms with Crippen molar-refractivity contribution in [3.05, 3.63) is 215 Å². The van der Waals surface area contributed by atoms with Gasteiger partial charge in [-0.25, -0.2) is 9.59 Å². The summed E-state index contributed by atoms with van der Waals surface area (Å²) in [5.74, 6) is 1.55. The van der Waals surface area contributed by atoms with E-state index >= 15 is 0 Å². The molecule has 6 aromatic rings. The highest BCUT2D eigenvalue weighted by molar-refractivity contribution is 5.91. The normalized spacial score (nSPS) is 21.2. The first-order valence-corrected chi connectivity index (χ1v) is 32.5. The van der Waals surface area contributed by atoms with Crippen LogP contribution in [-0.2, 0) is 58.7 Å². The van der Waals surface area contributed by atoms with E-state index in [1.54, 1.807) is 0 Å². The number of allylic oxidation sites excluding steroid dienone is 2. The fourth-order valence-electron chi connectivity index (χ4n) is 12.9. The van der Waals surface area contributed by atoms with Crippen molar-refractivity contribution in [3.63, 3.8) is 0 Å². The summed E-state index contributed by atoms with van der Waals surface area (Å²) in [5, 5.41) is 0. The Kier molecular flexibility index (Phi) is 26.0. The lowest BCUT2D eigenvalue weighted by Crippen LogP contribution is -2.37. The molecule has 5 aliphatic rings. The Morgan fingerprint density at radius 1 is 0.295 bits per heavy atom. The molecular formula is C76H92O12. The quantitative estimate of drug-likeness (QED) is 0.156. The maximum atomic E-state index is 14.2. The maximum absolute atomic E-state index is 14.2. The van der Waals surface area contributed by atoms with Crippen molar-refractivity contribution in [2.24, 2.45) is 11.8 Å². The molecule has 5 heterocycles. The van der Waals surface area contributed by atoms with Crippen LogP contribution in [0.5, 0.6) is 11.5 Å². The number of esters is 2. The second kappa shape index (κ2) is 35.1. The van der Waals surface area contributed by atoms with Gasteiger partial charge in [0.25, 0.3) is 0 Å². The van der Waals surface area contributed by atoms with E-state index < -0.39 is 11.2 Å². The van der Waals surface area contributed by atoms with Crippen LogP contribution in [0.2, 0.25) is 0 Å². The molecule has 2 atom stereocenters. The van der Waals surface area contributed by atoms with Gasteiger partial charge in [0.2, 0.25) is 0 Å². The van der Waals surface area contributed by atoms with E-state index in [1.807, 2.05) is 135 Å². The lowest BCUT2D eigenvalue weighted by atomic mass is 9.72. The molecule has 0 spiro atoms. The second-order valence-electron chi connectivity index (χ2n) is 23.2. The number of rotatable bonds is 4. The third kappa shape index (κ3) is 17.8. The zero-order chi connectivity index (χ0) is 60.9. The average Bonchev–Trinajstić information content (AvgIpc) is 1.60. The molecule has 468 valence electrons. The minimum absolute atomic E-state index is 0.123. The number of ether oxygens (including phenoxy) is 10. The zero-order valence-corrected chi connectivity index (χ0v) is 52.0. The van der Waals surface area contributed by atoms with Crippen molar-refractivity contribution in [1.29, 1.82) is 0 Å². The molecule has 2 unspecified atom stereocenters. The largest absolute Gasteiger partial charge is 0.491 e. The van der Waals surface area contributed by atoms with Crippen molar-refractivity contribution in [2.75, 3.05) is 79.3 Å². The Labute approximate surface area is 522 Å². The molecule has 5 aliphatic heterocycles. The van der Waals surface area contributed by atoms with Crippen LogP contribution in [-0.4, -0.2) is 91.2 Å². The van der Waals surface area contributed by atoms with E-state index in [0.717, 1.165) is 96.2 Å². The van der Waals surface area contributed by atoms with Gasteiger partial charge in [-0.1, -0.05) is 235 Å². The minimum Gasteiger partial charge on any atom is -0.491 e. The van der Waals surface area contributed by atoms with Gasteiger partial charge in [0.1, 0.15) is 49.4 Å². The van der Waals surface area contributed by atoms with E-state index in [0.29, 0.717) is 75.5 Å². The first-order valence-electron chi connectivity index (χ1n) is 32.5. The predicted molar refractivity (Wildman–Crippen MR) is 344 cm³/mol. The molecule has 0 N–H and O–H groups in total. The lowest BCUT2D eigenvalue weighted by Gasteiger charge is -2.37. The average molecular weight is 1200 g/mol. The molecule has 12 heteroatoms. The molecule has 12 nitrogen and oxygen atoms in total. The van der Waals surface area contributed by atoms with Gasteiger partial charge < -0.3 is 47.4 Å². The molecule has 88 heavy (non-hydrogen) atoms. The van der Waals surface area contributed by atoms with E-state index in [9.17, 15) is 9.59 Å². The molecule has 0 fully saturated rings. The third-order valence-corrected chi connectivity index (χ3v) is 17.3. The molecule has 4 bridgehead atoms. The van der Waals surface area contributed by atoms with E-state index in [-0.39, 0.29) is 50.2 Å². The fourth-order valence-corrected chi connectivity index (χ4v) is 12.9. The number of carbonyl (C=O) groups excluding carboxylic acids is 2.